The van der Waals surface area contributed by atoms with Crippen LogP contribution in [0.4, 0.5) is 26.3 Å². The minimum Gasteiger partial charge on any atom is -0.239 e. The lowest BCUT2D eigenvalue weighted by Gasteiger charge is -2.09. The first kappa shape index (κ1) is 12.1. The van der Waals surface area contributed by atoms with Crippen LogP contribution in [0.2, 0.25) is 5.02 Å². The fraction of sp³-hybridized carbons (Fsp3) is 0.286. The Hall–Kier alpha value is -0.980. The van der Waals surface area contributed by atoms with Gasteiger partial charge < -0.3 is 0 Å². The summed E-state index contributed by atoms with van der Waals surface area (Å²) in [6, 6.07) is 0.358. The van der Waals surface area contributed by atoms with Gasteiger partial charge in [0.05, 0.1) is 5.02 Å². The third-order valence-electron chi connectivity index (χ3n) is 1.43. The van der Waals surface area contributed by atoms with Crippen molar-refractivity contribution in [1.82, 2.24) is 4.98 Å². The molecule has 0 aliphatic carbocycles. The fourth-order valence-corrected chi connectivity index (χ4v) is 1.02. The lowest BCUT2D eigenvalue weighted by molar-refractivity contribution is -0.144. The standard InChI is InChI=1S/C7H2ClF6N/c8-2-1-3(6(10)11)15-5(4(2)9)7(12,13)14/h1,6H. The third-order valence-corrected chi connectivity index (χ3v) is 1.70. The van der Waals surface area contributed by atoms with E-state index in [4.69, 9.17) is 11.6 Å². The highest BCUT2D eigenvalue weighted by atomic mass is 35.5. The van der Waals surface area contributed by atoms with E-state index in [2.05, 4.69) is 4.98 Å². The Morgan fingerprint density at radius 3 is 2.20 bits per heavy atom. The molecule has 1 aromatic heterocycles. The Labute approximate surface area is 84.7 Å². The van der Waals surface area contributed by atoms with Gasteiger partial charge in [-0.05, 0) is 6.07 Å². The molecule has 0 radical (unpaired) electrons. The van der Waals surface area contributed by atoms with Gasteiger partial charge in [0.25, 0.3) is 6.43 Å². The van der Waals surface area contributed by atoms with Crippen molar-refractivity contribution < 1.29 is 26.3 Å². The summed E-state index contributed by atoms with van der Waals surface area (Å²) < 4.78 is 73.1. The predicted molar refractivity (Wildman–Crippen MR) is 39.2 cm³/mol. The molecular formula is C7H2ClF6N. The van der Waals surface area contributed by atoms with E-state index in [1.807, 2.05) is 0 Å². The summed E-state index contributed by atoms with van der Waals surface area (Å²) in [7, 11) is 0. The van der Waals surface area contributed by atoms with Gasteiger partial charge in [0.15, 0.2) is 11.5 Å². The Morgan fingerprint density at radius 2 is 1.80 bits per heavy atom. The topological polar surface area (TPSA) is 12.9 Å². The van der Waals surface area contributed by atoms with Gasteiger partial charge in [-0.25, -0.2) is 18.2 Å². The van der Waals surface area contributed by atoms with E-state index in [-0.39, 0.29) is 0 Å². The lowest BCUT2D eigenvalue weighted by atomic mass is 10.3. The highest BCUT2D eigenvalue weighted by Gasteiger charge is 2.38. The maximum absolute atomic E-state index is 12.8. The zero-order valence-electron chi connectivity index (χ0n) is 6.75. The minimum atomic E-state index is -5.15. The molecule has 0 unspecified atom stereocenters. The van der Waals surface area contributed by atoms with E-state index in [0.717, 1.165) is 0 Å². The Balaban J connectivity index is 3.38. The van der Waals surface area contributed by atoms with Crippen molar-refractivity contribution in [2.75, 3.05) is 0 Å². The molecule has 1 aromatic rings. The van der Waals surface area contributed by atoms with E-state index in [9.17, 15) is 26.3 Å². The third kappa shape index (κ3) is 2.53. The first-order valence-corrected chi connectivity index (χ1v) is 3.82. The largest absolute Gasteiger partial charge is 0.436 e. The molecule has 0 aromatic carbocycles. The molecule has 1 nitrogen and oxygen atoms in total. The Kier molecular flexibility index (Phi) is 3.13. The van der Waals surface area contributed by atoms with E-state index >= 15 is 0 Å². The van der Waals surface area contributed by atoms with Crippen molar-refractivity contribution in [2.24, 2.45) is 0 Å². The number of nitrogens with zero attached hydrogens (tertiary/aromatic N) is 1. The Morgan fingerprint density at radius 1 is 1.27 bits per heavy atom. The average molecular weight is 250 g/mol. The zero-order valence-corrected chi connectivity index (χ0v) is 7.50. The number of hydrogen-bond acceptors (Lipinski definition) is 1. The number of rotatable bonds is 1. The Bertz CT molecular complexity index is 374. The zero-order chi connectivity index (χ0) is 11.8. The summed E-state index contributed by atoms with van der Waals surface area (Å²) in [5.41, 5.74) is -3.25. The van der Waals surface area contributed by atoms with Crippen LogP contribution in [0.1, 0.15) is 17.8 Å². The van der Waals surface area contributed by atoms with E-state index in [0.29, 0.717) is 6.07 Å². The number of halogens is 7. The van der Waals surface area contributed by atoms with E-state index in [1.165, 1.54) is 0 Å². The predicted octanol–water partition coefficient (Wildman–Crippen LogP) is 3.83. The van der Waals surface area contributed by atoms with Crippen molar-refractivity contribution in [1.29, 1.82) is 0 Å². The summed E-state index contributed by atoms with van der Waals surface area (Å²) in [6.07, 6.45) is -8.40. The molecule has 0 aliphatic rings. The van der Waals surface area contributed by atoms with Crippen LogP contribution < -0.4 is 0 Å². The minimum absolute atomic E-state index is 0.358. The van der Waals surface area contributed by atoms with Crippen molar-refractivity contribution in [3.05, 3.63) is 28.3 Å². The molecule has 0 bridgehead atoms. The summed E-state index contributed by atoms with van der Waals surface area (Å²) in [5, 5.41) is -1.03. The van der Waals surface area contributed by atoms with Gasteiger partial charge in [-0.15, -0.1) is 0 Å². The van der Waals surface area contributed by atoms with Crippen molar-refractivity contribution in [2.45, 2.75) is 12.6 Å². The van der Waals surface area contributed by atoms with Crippen molar-refractivity contribution >= 4 is 11.6 Å². The lowest BCUT2D eigenvalue weighted by Crippen LogP contribution is -2.13. The van der Waals surface area contributed by atoms with Crippen molar-refractivity contribution in [3.63, 3.8) is 0 Å². The summed E-state index contributed by atoms with van der Waals surface area (Å²) in [6.45, 7) is 0. The smallest absolute Gasteiger partial charge is 0.239 e. The average Bonchev–Trinajstić information content (AvgIpc) is 2.06. The van der Waals surface area contributed by atoms with Gasteiger partial charge in [0.2, 0.25) is 0 Å². The second-order valence-electron chi connectivity index (χ2n) is 2.49. The SMILES string of the molecule is Fc1c(Cl)cc(C(F)F)nc1C(F)(F)F. The molecule has 1 heterocycles. The maximum atomic E-state index is 12.8. The molecule has 0 fully saturated rings. The van der Waals surface area contributed by atoms with Crippen LogP contribution in [-0.2, 0) is 6.18 Å². The van der Waals surface area contributed by atoms with Crippen LogP contribution >= 0.6 is 11.6 Å². The molecule has 0 saturated heterocycles. The summed E-state index contributed by atoms with van der Waals surface area (Å²) >= 11 is 5.02. The highest BCUT2D eigenvalue weighted by Crippen LogP contribution is 2.34. The molecule has 0 spiro atoms. The first-order valence-electron chi connectivity index (χ1n) is 3.44. The molecule has 84 valence electrons. The van der Waals surface area contributed by atoms with Gasteiger partial charge in [0.1, 0.15) is 5.69 Å². The second-order valence-corrected chi connectivity index (χ2v) is 2.90. The van der Waals surface area contributed by atoms with E-state index in [1.54, 1.807) is 0 Å². The normalized spacial score (nSPS) is 12.3. The van der Waals surface area contributed by atoms with Crippen LogP contribution in [0.25, 0.3) is 0 Å². The molecule has 15 heavy (non-hydrogen) atoms. The van der Waals surface area contributed by atoms with Gasteiger partial charge in [-0.2, -0.15) is 13.2 Å². The van der Waals surface area contributed by atoms with E-state index < -0.39 is 34.8 Å². The highest BCUT2D eigenvalue weighted by molar-refractivity contribution is 6.30. The molecule has 0 atom stereocenters. The van der Waals surface area contributed by atoms with Gasteiger partial charge in [0, 0.05) is 0 Å². The van der Waals surface area contributed by atoms with Crippen LogP contribution in [0.5, 0.6) is 0 Å². The van der Waals surface area contributed by atoms with Crippen molar-refractivity contribution in [3.8, 4) is 0 Å². The first-order chi connectivity index (χ1) is 6.73. The van der Waals surface area contributed by atoms with Gasteiger partial charge >= 0.3 is 6.18 Å². The molecule has 1 rings (SSSR count). The summed E-state index contributed by atoms with van der Waals surface area (Å²) in [4.78, 5) is 2.47. The fourth-order valence-electron chi connectivity index (χ4n) is 0.816. The van der Waals surface area contributed by atoms with Gasteiger partial charge in [-0.3, -0.25) is 0 Å². The van der Waals surface area contributed by atoms with Crippen LogP contribution in [0, 0.1) is 5.82 Å². The number of hydrogen-bond donors (Lipinski definition) is 0. The van der Waals surface area contributed by atoms with Crippen LogP contribution in [0.3, 0.4) is 0 Å². The molecule has 0 N–H and O–H groups in total. The molecule has 0 aliphatic heterocycles. The molecule has 0 saturated carbocycles. The maximum Gasteiger partial charge on any atom is 0.436 e. The summed E-state index contributed by atoms with van der Waals surface area (Å²) in [5.74, 6) is -1.85. The number of alkyl halides is 5. The molecule has 0 amide bonds. The second kappa shape index (κ2) is 3.88. The monoisotopic (exact) mass is 249 g/mol. The quantitative estimate of drug-likeness (QED) is 0.689. The van der Waals surface area contributed by atoms with Crippen LogP contribution in [0.15, 0.2) is 6.07 Å². The van der Waals surface area contributed by atoms with Crippen LogP contribution in [-0.4, -0.2) is 4.98 Å². The number of pyridine rings is 1. The number of aromatic nitrogens is 1. The molecule has 8 heteroatoms. The van der Waals surface area contributed by atoms with Gasteiger partial charge in [-0.1, -0.05) is 11.6 Å². The molecular weight excluding hydrogens is 248 g/mol.